The van der Waals surface area contributed by atoms with Gasteiger partial charge >= 0.3 is 5.97 Å². The maximum Gasteiger partial charge on any atom is 0.373 e. The van der Waals surface area contributed by atoms with Crippen molar-refractivity contribution in [3.8, 4) is 11.5 Å². The molecule has 0 saturated heterocycles. The van der Waals surface area contributed by atoms with Crippen LogP contribution >= 0.6 is 15.9 Å². The lowest BCUT2D eigenvalue weighted by Gasteiger charge is -1.94. The third-order valence-electron chi connectivity index (χ3n) is 2.18. The molecular formula is C11H9BrN2O3. The summed E-state index contributed by atoms with van der Waals surface area (Å²) < 4.78 is 6.11. The predicted molar refractivity (Wildman–Crippen MR) is 64.5 cm³/mol. The molecule has 0 aliphatic rings. The van der Waals surface area contributed by atoms with Gasteiger partial charge in [0.05, 0.1) is 0 Å². The number of nitrogens with zero attached hydrogens (tertiary/aromatic N) is 1. The molecule has 0 saturated carbocycles. The van der Waals surface area contributed by atoms with E-state index in [1.165, 1.54) is 0 Å². The van der Waals surface area contributed by atoms with Crippen LogP contribution in [0.25, 0.3) is 11.5 Å². The Morgan fingerprint density at radius 3 is 2.53 bits per heavy atom. The normalized spacial score (nSPS) is 10.5. The van der Waals surface area contributed by atoms with E-state index in [0.717, 1.165) is 4.47 Å². The molecule has 0 unspecified atom stereocenters. The molecule has 0 fully saturated rings. The number of aromatic nitrogens is 1. The predicted octanol–water partition coefficient (Wildman–Crippen LogP) is 2.26. The highest BCUT2D eigenvalue weighted by molar-refractivity contribution is 9.10. The first-order chi connectivity index (χ1) is 8.11. The average molecular weight is 297 g/mol. The molecule has 0 amide bonds. The molecule has 3 N–H and O–H groups in total. The molecule has 0 atom stereocenters. The van der Waals surface area contributed by atoms with Gasteiger partial charge in [0.2, 0.25) is 11.7 Å². The molecule has 5 nitrogen and oxygen atoms in total. The van der Waals surface area contributed by atoms with Crippen LogP contribution in [0.4, 0.5) is 0 Å². The van der Waals surface area contributed by atoms with Crippen LogP contribution in [0.15, 0.2) is 33.2 Å². The van der Waals surface area contributed by atoms with Crippen LogP contribution in [-0.2, 0) is 6.54 Å². The number of halogens is 1. The molecule has 88 valence electrons. The molecule has 1 heterocycles. The van der Waals surface area contributed by atoms with Crippen molar-refractivity contribution in [3.05, 3.63) is 40.2 Å². The highest BCUT2D eigenvalue weighted by Gasteiger charge is 2.18. The van der Waals surface area contributed by atoms with E-state index in [-0.39, 0.29) is 23.9 Å². The van der Waals surface area contributed by atoms with E-state index in [1.54, 1.807) is 12.1 Å². The molecule has 0 spiro atoms. The Labute approximate surface area is 105 Å². The molecule has 17 heavy (non-hydrogen) atoms. The number of carboxylic acids is 1. The van der Waals surface area contributed by atoms with E-state index in [1.807, 2.05) is 12.1 Å². The second-order valence-electron chi connectivity index (χ2n) is 3.31. The van der Waals surface area contributed by atoms with Crippen LogP contribution in [0, 0.1) is 0 Å². The van der Waals surface area contributed by atoms with Gasteiger partial charge in [-0.15, -0.1) is 0 Å². The topological polar surface area (TPSA) is 89.4 Å². The first kappa shape index (κ1) is 11.8. The van der Waals surface area contributed by atoms with Crippen molar-refractivity contribution in [2.45, 2.75) is 6.54 Å². The zero-order chi connectivity index (χ0) is 12.4. The third-order valence-corrected chi connectivity index (χ3v) is 2.70. The smallest absolute Gasteiger partial charge is 0.373 e. The lowest BCUT2D eigenvalue weighted by atomic mass is 10.2. The lowest BCUT2D eigenvalue weighted by molar-refractivity contribution is 0.0662. The number of benzene rings is 1. The number of rotatable bonds is 3. The number of carbonyl (C=O) groups is 1. The molecule has 1 aromatic carbocycles. The van der Waals surface area contributed by atoms with E-state index in [4.69, 9.17) is 15.3 Å². The monoisotopic (exact) mass is 296 g/mol. The van der Waals surface area contributed by atoms with Gasteiger partial charge in [0, 0.05) is 16.6 Å². The van der Waals surface area contributed by atoms with Crippen LogP contribution in [-0.4, -0.2) is 16.1 Å². The standard InChI is InChI=1S/C11H9BrN2O3/c12-7-3-1-6(2-4-7)10-14-8(5-13)9(17-10)11(15)16/h1-4H,5,13H2,(H,15,16). The Kier molecular flexibility index (Phi) is 3.26. The Hall–Kier alpha value is -1.66. The maximum absolute atomic E-state index is 10.9. The van der Waals surface area contributed by atoms with Gasteiger partial charge in [0.1, 0.15) is 5.69 Å². The minimum atomic E-state index is -1.17. The number of hydrogen-bond donors (Lipinski definition) is 2. The van der Waals surface area contributed by atoms with Gasteiger partial charge in [-0.1, -0.05) is 15.9 Å². The van der Waals surface area contributed by atoms with Gasteiger partial charge in [-0.2, -0.15) is 0 Å². The molecule has 1 aromatic heterocycles. The summed E-state index contributed by atoms with van der Waals surface area (Å²) in [5.74, 6) is -1.11. The second kappa shape index (κ2) is 4.68. The van der Waals surface area contributed by atoms with Crippen LogP contribution in [0.3, 0.4) is 0 Å². The number of carboxylic acid groups (broad SMARTS) is 1. The van der Waals surface area contributed by atoms with Crippen molar-refractivity contribution in [1.82, 2.24) is 4.98 Å². The number of aromatic carboxylic acids is 1. The summed E-state index contributed by atoms with van der Waals surface area (Å²) in [5.41, 5.74) is 6.36. The molecule has 2 aromatic rings. The third kappa shape index (κ3) is 2.37. The summed E-state index contributed by atoms with van der Waals surface area (Å²) in [5, 5.41) is 8.90. The summed E-state index contributed by atoms with van der Waals surface area (Å²) in [6.45, 7) is 0.0294. The summed E-state index contributed by atoms with van der Waals surface area (Å²) in [4.78, 5) is 14.9. The van der Waals surface area contributed by atoms with E-state index in [9.17, 15) is 4.79 Å². The first-order valence-corrected chi connectivity index (χ1v) is 5.60. The number of nitrogens with two attached hydrogens (primary N) is 1. The largest absolute Gasteiger partial charge is 0.475 e. The van der Waals surface area contributed by atoms with Gasteiger partial charge in [-0.25, -0.2) is 9.78 Å². The van der Waals surface area contributed by atoms with Crippen molar-refractivity contribution >= 4 is 21.9 Å². The molecular weight excluding hydrogens is 288 g/mol. The lowest BCUT2D eigenvalue weighted by Crippen LogP contribution is -2.04. The van der Waals surface area contributed by atoms with Crippen LogP contribution in [0.2, 0.25) is 0 Å². The number of oxazole rings is 1. The highest BCUT2D eigenvalue weighted by Crippen LogP contribution is 2.23. The fourth-order valence-electron chi connectivity index (χ4n) is 1.37. The van der Waals surface area contributed by atoms with Crippen LogP contribution < -0.4 is 5.73 Å². The minimum absolute atomic E-state index is 0.0294. The zero-order valence-electron chi connectivity index (χ0n) is 8.68. The first-order valence-electron chi connectivity index (χ1n) is 4.81. The van der Waals surface area contributed by atoms with Gasteiger partial charge in [-0.3, -0.25) is 0 Å². The van der Waals surface area contributed by atoms with E-state index < -0.39 is 5.97 Å². The average Bonchev–Trinajstić information content (AvgIpc) is 2.74. The molecule has 0 aliphatic carbocycles. The van der Waals surface area contributed by atoms with Gasteiger partial charge in [-0.05, 0) is 24.3 Å². The highest BCUT2D eigenvalue weighted by atomic mass is 79.9. The maximum atomic E-state index is 10.9. The molecule has 0 radical (unpaired) electrons. The molecule has 6 heteroatoms. The van der Waals surface area contributed by atoms with Gasteiger partial charge in [0.25, 0.3) is 0 Å². The van der Waals surface area contributed by atoms with E-state index in [0.29, 0.717) is 5.56 Å². The molecule has 0 bridgehead atoms. The van der Waals surface area contributed by atoms with E-state index in [2.05, 4.69) is 20.9 Å². The van der Waals surface area contributed by atoms with Crippen molar-refractivity contribution < 1.29 is 14.3 Å². The quantitative estimate of drug-likeness (QED) is 0.907. The Morgan fingerprint density at radius 2 is 2.06 bits per heavy atom. The van der Waals surface area contributed by atoms with Gasteiger partial charge < -0.3 is 15.3 Å². The summed E-state index contributed by atoms with van der Waals surface area (Å²) >= 11 is 3.31. The Morgan fingerprint density at radius 1 is 1.41 bits per heavy atom. The Bertz CT molecular complexity index is 548. The van der Waals surface area contributed by atoms with Crippen molar-refractivity contribution in [2.75, 3.05) is 0 Å². The Balaban J connectivity index is 2.46. The SMILES string of the molecule is NCc1nc(-c2ccc(Br)cc2)oc1C(=O)O. The minimum Gasteiger partial charge on any atom is -0.475 e. The van der Waals surface area contributed by atoms with Crippen molar-refractivity contribution in [1.29, 1.82) is 0 Å². The van der Waals surface area contributed by atoms with Crippen molar-refractivity contribution in [3.63, 3.8) is 0 Å². The molecule has 2 rings (SSSR count). The fraction of sp³-hybridized carbons (Fsp3) is 0.0909. The fourth-order valence-corrected chi connectivity index (χ4v) is 1.64. The molecule has 0 aliphatic heterocycles. The van der Waals surface area contributed by atoms with E-state index >= 15 is 0 Å². The van der Waals surface area contributed by atoms with Crippen LogP contribution in [0.1, 0.15) is 16.2 Å². The van der Waals surface area contributed by atoms with Crippen molar-refractivity contribution in [2.24, 2.45) is 5.73 Å². The van der Waals surface area contributed by atoms with Gasteiger partial charge in [0.15, 0.2) is 0 Å². The summed E-state index contributed by atoms with van der Waals surface area (Å²) in [6, 6.07) is 7.20. The summed E-state index contributed by atoms with van der Waals surface area (Å²) in [7, 11) is 0. The second-order valence-corrected chi connectivity index (χ2v) is 4.23. The number of hydrogen-bond acceptors (Lipinski definition) is 4. The zero-order valence-corrected chi connectivity index (χ0v) is 10.3. The van der Waals surface area contributed by atoms with Crippen LogP contribution in [0.5, 0.6) is 0 Å². The summed E-state index contributed by atoms with van der Waals surface area (Å²) in [6.07, 6.45) is 0.